The summed E-state index contributed by atoms with van der Waals surface area (Å²) in [5.41, 5.74) is -0.543. The molecule has 0 radical (unpaired) electrons. The summed E-state index contributed by atoms with van der Waals surface area (Å²) >= 11 is 3.30. The molecule has 7 heteroatoms. The number of rotatable bonds is 5. The average Bonchev–Trinajstić information content (AvgIpc) is 2.62. The number of halogens is 1. The molecule has 0 spiro atoms. The van der Waals surface area contributed by atoms with Crippen molar-refractivity contribution in [2.75, 3.05) is 7.11 Å². The van der Waals surface area contributed by atoms with Gasteiger partial charge in [0.05, 0.1) is 23.2 Å². The summed E-state index contributed by atoms with van der Waals surface area (Å²) in [5.74, 6) is -0.472. The van der Waals surface area contributed by atoms with Crippen molar-refractivity contribution in [2.24, 2.45) is 0 Å². The number of benzene rings is 1. The molecule has 1 aliphatic carbocycles. The fraction of sp³-hybridized carbons (Fsp3) is 0.500. The maximum atomic E-state index is 12.3. The van der Waals surface area contributed by atoms with Crippen molar-refractivity contribution in [3.8, 4) is 11.8 Å². The van der Waals surface area contributed by atoms with E-state index in [2.05, 4.69) is 27.3 Å². The molecule has 0 aromatic heterocycles. The molecule has 6 nitrogen and oxygen atoms in total. The molecule has 1 amide bonds. The van der Waals surface area contributed by atoms with Crippen LogP contribution in [0.2, 0.25) is 0 Å². The predicted molar refractivity (Wildman–Crippen MR) is 95.1 cm³/mol. The van der Waals surface area contributed by atoms with E-state index in [1.165, 1.54) is 14.0 Å². The number of nitrogens with one attached hydrogen (secondary N) is 1. The van der Waals surface area contributed by atoms with Crippen LogP contribution in [-0.2, 0) is 9.53 Å². The van der Waals surface area contributed by atoms with Gasteiger partial charge in [-0.1, -0.05) is 19.3 Å². The van der Waals surface area contributed by atoms with Gasteiger partial charge in [-0.25, -0.2) is 4.79 Å². The number of carbonyl (C=O) groups is 2. The Morgan fingerprint density at radius 2 is 2.00 bits per heavy atom. The second-order valence-electron chi connectivity index (χ2n) is 6.14. The van der Waals surface area contributed by atoms with E-state index in [4.69, 9.17) is 9.47 Å². The Morgan fingerprint density at radius 1 is 1.32 bits per heavy atom. The largest absolute Gasteiger partial charge is 0.496 e. The monoisotopic (exact) mass is 408 g/mol. The molecular weight excluding hydrogens is 388 g/mol. The third-order valence-electron chi connectivity index (χ3n) is 4.32. The molecule has 1 atom stereocenters. The van der Waals surface area contributed by atoms with Crippen LogP contribution in [0.15, 0.2) is 22.7 Å². The lowest BCUT2D eigenvalue weighted by Gasteiger charge is -2.32. The SMILES string of the molecule is COc1ccc(C(=O)O[C@H](C)C(=O)NC2(C#N)CCCCC2)cc1Br. The van der Waals surface area contributed by atoms with E-state index < -0.39 is 23.5 Å². The summed E-state index contributed by atoms with van der Waals surface area (Å²) < 4.78 is 11.0. The Balaban J connectivity index is 1.99. The molecule has 0 aliphatic heterocycles. The zero-order chi connectivity index (χ0) is 18.4. The molecule has 1 aromatic carbocycles. The van der Waals surface area contributed by atoms with Gasteiger partial charge in [-0.15, -0.1) is 0 Å². The van der Waals surface area contributed by atoms with Crippen molar-refractivity contribution in [1.29, 1.82) is 5.26 Å². The Bertz CT molecular complexity index is 693. The summed E-state index contributed by atoms with van der Waals surface area (Å²) in [5, 5.41) is 12.2. The van der Waals surface area contributed by atoms with Crippen LogP contribution in [0, 0.1) is 11.3 Å². The molecule has 0 bridgehead atoms. The normalized spacial score (nSPS) is 17.0. The van der Waals surface area contributed by atoms with E-state index in [0.29, 0.717) is 28.6 Å². The molecule has 25 heavy (non-hydrogen) atoms. The van der Waals surface area contributed by atoms with Crippen molar-refractivity contribution >= 4 is 27.8 Å². The highest BCUT2D eigenvalue weighted by Gasteiger charge is 2.35. The molecule has 1 aromatic rings. The highest BCUT2D eigenvalue weighted by atomic mass is 79.9. The van der Waals surface area contributed by atoms with Crippen molar-refractivity contribution in [1.82, 2.24) is 5.32 Å². The molecule has 1 saturated carbocycles. The van der Waals surface area contributed by atoms with Crippen LogP contribution >= 0.6 is 15.9 Å². The van der Waals surface area contributed by atoms with E-state index in [9.17, 15) is 14.9 Å². The third-order valence-corrected chi connectivity index (χ3v) is 4.94. The number of esters is 1. The number of nitrogens with zero attached hydrogens (tertiary/aromatic N) is 1. The topological polar surface area (TPSA) is 88.4 Å². The molecule has 0 saturated heterocycles. The lowest BCUT2D eigenvalue weighted by atomic mass is 9.83. The van der Waals surface area contributed by atoms with Gasteiger partial charge < -0.3 is 14.8 Å². The van der Waals surface area contributed by atoms with E-state index in [0.717, 1.165) is 19.3 Å². The third kappa shape index (κ3) is 4.73. The minimum Gasteiger partial charge on any atom is -0.496 e. The van der Waals surface area contributed by atoms with Crippen LogP contribution in [0.1, 0.15) is 49.4 Å². The number of carbonyl (C=O) groups excluding carboxylic acids is 2. The Hall–Kier alpha value is -2.07. The minimum absolute atomic E-state index is 0.306. The van der Waals surface area contributed by atoms with Crippen LogP contribution in [0.5, 0.6) is 5.75 Å². The summed E-state index contributed by atoms with van der Waals surface area (Å²) in [6, 6.07) is 6.99. The first kappa shape index (κ1) is 19.3. The lowest BCUT2D eigenvalue weighted by Crippen LogP contribution is -2.52. The number of hydrogen-bond acceptors (Lipinski definition) is 5. The fourth-order valence-electron chi connectivity index (χ4n) is 2.83. The van der Waals surface area contributed by atoms with Crippen LogP contribution in [-0.4, -0.2) is 30.6 Å². The molecular formula is C18H21BrN2O4. The standard InChI is InChI=1S/C18H21BrN2O4/c1-12(16(22)21-18(11-20)8-4-3-5-9-18)25-17(23)13-6-7-15(24-2)14(19)10-13/h6-7,10,12H,3-5,8-9H2,1-2H3,(H,21,22)/t12-/m1/s1. The molecule has 134 valence electrons. The fourth-order valence-corrected chi connectivity index (χ4v) is 3.37. The number of amides is 1. The Labute approximate surface area is 155 Å². The summed E-state index contributed by atoms with van der Waals surface area (Å²) in [4.78, 5) is 24.6. The van der Waals surface area contributed by atoms with Gasteiger partial charge in [0.2, 0.25) is 0 Å². The Kier molecular flexibility index (Phi) is 6.43. The molecule has 1 fully saturated rings. The van der Waals surface area contributed by atoms with E-state index in [1.54, 1.807) is 18.2 Å². The smallest absolute Gasteiger partial charge is 0.338 e. The summed E-state index contributed by atoms with van der Waals surface area (Å²) in [6.45, 7) is 1.50. The first-order valence-corrected chi connectivity index (χ1v) is 8.98. The lowest BCUT2D eigenvalue weighted by molar-refractivity contribution is -0.130. The number of ether oxygens (including phenoxy) is 2. The molecule has 2 rings (SSSR count). The van der Waals surface area contributed by atoms with Gasteiger partial charge in [-0.05, 0) is 53.9 Å². The van der Waals surface area contributed by atoms with Crippen molar-refractivity contribution in [3.05, 3.63) is 28.2 Å². The summed E-state index contributed by atoms with van der Waals surface area (Å²) in [6.07, 6.45) is 3.14. The molecule has 1 N–H and O–H groups in total. The van der Waals surface area contributed by atoms with Gasteiger partial charge in [0.15, 0.2) is 6.10 Å². The maximum absolute atomic E-state index is 12.3. The van der Waals surface area contributed by atoms with Gasteiger partial charge in [-0.3, -0.25) is 4.79 Å². The van der Waals surface area contributed by atoms with Crippen LogP contribution in [0.3, 0.4) is 0 Å². The van der Waals surface area contributed by atoms with Gasteiger partial charge in [0.1, 0.15) is 11.3 Å². The van der Waals surface area contributed by atoms with Gasteiger partial charge in [0.25, 0.3) is 5.91 Å². The quantitative estimate of drug-likeness (QED) is 0.754. The van der Waals surface area contributed by atoms with Crippen LogP contribution in [0.25, 0.3) is 0 Å². The average molecular weight is 409 g/mol. The predicted octanol–water partition coefficient (Wildman–Crippen LogP) is 3.35. The second kappa shape index (κ2) is 8.34. The maximum Gasteiger partial charge on any atom is 0.338 e. The van der Waals surface area contributed by atoms with Crippen LogP contribution in [0.4, 0.5) is 0 Å². The molecule has 1 aliphatic rings. The first-order valence-electron chi connectivity index (χ1n) is 8.18. The number of nitriles is 1. The summed E-state index contributed by atoms with van der Waals surface area (Å²) in [7, 11) is 1.53. The van der Waals surface area contributed by atoms with Gasteiger partial charge in [0, 0.05) is 0 Å². The van der Waals surface area contributed by atoms with Crippen molar-refractivity contribution < 1.29 is 19.1 Å². The zero-order valence-corrected chi connectivity index (χ0v) is 15.9. The first-order chi connectivity index (χ1) is 11.9. The van der Waals surface area contributed by atoms with E-state index in [1.807, 2.05) is 0 Å². The second-order valence-corrected chi connectivity index (χ2v) is 7.00. The number of hydrogen-bond donors (Lipinski definition) is 1. The van der Waals surface area contributed by atoms with E-state index in [-0.39, 0.29) is 0 Å². The van der Waals surface area contributed by atoms with E-state index >= 15 is 0 Å². The van der Waals surface area contributed by atoms with Gasteiger partial charge in [-0.2, -0.15) is 5.26 Å². The van der Waals surface area contributed by atoms with Crippen molar-refractivity contribution in [3.63, 3.8) is 0 Å². The van der Waals surface area contributed by atoms with Crippen molar-refractivity contribution in [2.45, 2.75) is 50.7 Å². The molecule has 0 heterocycles. The number of methoxy groups -OCH3 is 1. The highest BCUT2D eigenvalue weighted by Crippen LogP contribution is 2.28. The molecule has 0 unspecified atom stereocenters. The van der Waals surface area contributed by atoms with Gasteiger partial charge >= 0.3 is 5.97 Å². The zero-order valence-electron chi connectivity index (χ0n) is 14.3. The van der Waals surface area contributed by atoms with Crippen LogP contribution < -0.4 is 10.1 Å². The highest BCUT2D eigenvalue weighted by molar-refractivity contribution is 9.10. The minimum atomic E-state index is -0.986. The Morgan fingerprint density at radius 3 is 2.56 bits per heavy atom.